The molecule has 0 aliphatic carbocycles. The molecule has 0 spiro atoms. The monoisotopic (exact) mass is 276 g/mol. The number of hydrogen-bond acceptors (Lipinski definition) is 3. The fourth-order valence-electron chi connectivity index (χ4n) is 2.03. The molecule has 4 nitrogen and oxygen atoms in total. The molecule has 0 aliphatic heterocycles. The number of carboxylic acid groups (broad SMARTS) is 1. The van der Waals surface area contributed by atoms with Crippen molar-refractivity contribution < 1.29 is 23.8 Å². The van der Waals surface area contributed by atoms with Gasteiger partial charge in [-0.2, -0.15) is 0 Å². The minimum atomic E-state index is -1.11. The molecule has 0 saturated carbocycles. The smallest absolute Gasteiger partial charge is 0.339 e. The lowest BCUT2D eigenvalue weighted by molar-refractivity contribution is 0.0693. The van der Waals surface area contributed by atoms with Crippen molar-refractivity contribution in [3.8, 4) is 22.6 Å². The second-order valence-electron chi connectivity index (χ2n) is 4.04. The van der Waals surface area contributed by atoms with Crippen molar-refractivity contribution in [2.24, 2.45) is 0 Å². The second kappa shape index (κ2) is 5.61. The molecule has 104 valence electrons. The Bertz CT molecular complexity index is 652. The maximum atomic E-state index is 13.5. The van der Waals surface area contributed by atoms with Crippen LogP contribution in [0.5, 0.6) is 11.5 Å². The number of ether oxygens (including phenoxy) is 2. The van der Waals surface area contributed by atoms with Gasteiger partial charge in [0.05, 0.1) is 14.2 Å². The molecule has 0 bridgehead atoms. The van der Waals surface area contributed by atoms with Crippen LogP contribution in [0.15, 0.2) is 36.4 Å². The van der Waals surface area contributed by atoms with E-state index < -0.39 is 11.8 Å². The predicted octanol–water partition coefficient (Wildman–Crippen LogP) is 3.21. The summed E-state index contributed by atoms with van der Waals surface area (Å²) in [5.41, 5.74) is 0.910. The molecule has 2 aromatic carbocycles. The van der Waals surface area contributed by atoms with Crippen LogP contribution in [-0.2, 0) is 0 Å². The summed E-state index contributed by atoms with van der Waals surface area (Å²) in [6.45, 7) is 0. The van der Waals surface area contributed by atoms with Gasteiger partial charge in [0.1, 0.15) is 22.9 Å². The van der Waals surface area contributed by atoms with Crippen molar-refractivity contribution in [1.29, 1.82) is 0 Å². The average Bonchev–Trinajstić information content (AvgIpc) is 2.46. The van der Waals surface area contributed by atoms with Gasteiger partial charge in [-0.3, -0.25) is 0 Å². The van der Waals surface area contributed by atoms with Crippen molar-refractivity contribution in [2.75, 3.05) is 14.2 Å². The Morgan fingerprint density at radius 3 is 2.45 bits per heavy atom. The van der Waals surface area contributed by atoms with E-state index >= 15 is 0 Å². The van der Waals surface area contributed by atoms with Gasteiger partial charge in [-0.15, -0.1) is 0 Å². The van der Waals surface area contributed by atoms with Gasteiger partial charge < -0.3 is 14.6 Å². The summed E-state index contributed by atoms with van der Waals surface area (Å²) in [5.74, 6) is -0.946. The summed E-state index contributed by atoms with van der Waals surface area (Å²) in [5, 5.41) is 9.16. The van der Waals surface area contributed by atoms with E-state index in [-0.39, 0.29) is 11.3 Å². The fraction of sp³-hybridized carbons (Fsp3) is 0.133. The first-order valence-electron chi connectivity index (χ1n) is 5.82. The van der Waals surface area contributed by atoms with E-state index in [4.69, 9.17) is 14.6 Å². The van der Waals surface area contributed by atoms with E-state index in [1.807, 2.05) is 0 Å². The molecule has 0 heterocycles. The molecule has 0 fully saturated rings. The van der Waals surface area contributed by atoms with Crippen molar-refractivity contribution in [3.05, 3.63) is 47.8 Å². The lowest BCUT2D eigenvalue weighted by Crippen LogP contribution is -2.02. The topological polar surface area (TPSA) is 55.8 Å². The van der Waals surface area contributed by atoms with E-state index in [1.54, 1.807) is 12.1 Å². The minimum absolute atomic E-state index is 0.0105. The van der Waals surface area contributed by atoms with Crippen LogP contribution < -0.4 is 9.47 Å². The summed E-state index contributed by atoms with van der Waals surface area (Å²) in [7, 11) is 2.83. The normalized spacial score (nSPS) is 10.2. The van der Waals surface area contributed by atoms with E-state index in [0.29, 0.717) is 16.9 Å². The van der Waals surface area contributed by atoms with Crippen LogP contribution in [0, 0.1) is 5.82 Å². The van der Waals surface area contributed by atoms with Gasteiger partial charge in [-0.25, -0.2) is 9.18 Å². The summed E-state index contributed by atoms with van der Waals surface area (Å²) < 4.78 is 23.8. The maximum Gasteiger partial charge on any atom is 0.339 e. The quantitative estimate of drug-likeness (QED) is 0.931. The van der Waals surface area contributed by atoms with E-state index in [2.05, 4.69) is 0 Å². The van der Waals surface area contributed by atoms with Crippen LogP contribution in [0.2, 0.25) is 0 Å². The Hall–Kier alpha value is -2.56. The zero-order valence-electron chi connectivity index (χ0n) is 11.0. The fourth-order valence-corrected chi connectivity index (χ4v) is 2.03. The largest absolute Gasteiger partial charge is 0.496 e. The molecule has 0 aromatic heterocycles. The van der Waals surface area contributed by atoms with Gasteiger partial charge in [-0.1, -0.05) is 12.1 Å². The molecule has 0 unspecified atom stereocenters. The third-order valence-corrected chi connectivity index (χ3v) is 2.90. The molecule has 0 atom stereocenters. The number of aromatic carboxylic acids is 1. The van der Waals surface area contributed by atoms with Crippen molar-refractivity contribution >= 4 is 5.97 Å². The van der Waals surface area contributed by atoms with E-state index in [1.165, 1.54) is 38.5 Å². The van der Waals surface area contributed by atoms with Crippen LogP contribution in [0.25, 0.3) is 11.1 Å². The first kappa shape index (κ1) is 13.9. The van der Waals surface area contributed by atoms with Crippen LogP contribution in [0.1, 0.15) is 10.4 Å². The van der Waals surface area contributed by atoms with Gasteiger partial charge in [0.25, 0.3) is 0 Å². The minimum Gasteiger partial charge on any atom is -0.496 e. The standard InChI is InChI=1S/C15H13FO4/c1-19-13-7-6-9(16)8-12(13)10-4-3-5-11(15(17)18)14(10)20-2/h3-8H,1-2H3,(H,17,18). The summed E-state index contributed by atoms with van der Waals surface area (Å²) in [4.78, 5) is 11.2. The summed E-state index contributed by atoms with van der Waals surface area (Å²) >= 11 is 0. The molecule has 0 saturated heterocycles. The SMILES string of the molecule is COc1ccc(F)cc1-c1cccc(C(=O)O)c1OC. The number of carbonyl (C=O) groups is 1. The molecule has 5 heteroatoms. The van der Waals surface area contributed by atoms with Gasteiger partial charge >= 0.3 is 5.97 Å². The Morgan fingerprint density at radius 2 is 1.85 bits per heavy atom. The molecule has 20 heavy (non-hydrogen) atoms. The number of rotatable bonds is 4. The number of carboxylic acids is 1. The molecule has 2 aromatic rings. The van der Waals surface area contributed by atoms with Gasteiger partial charge in [0, 0.05) is 11.1 Å². The first-order valence-corrected chi connectivity index (χ1v) is 5.82. The summed E-state index contributed by atoms with van der Waals surface area (Å²) in [6.07, 6.45) is 0. The third kappa shape index (κ3) is 2.42. The van der Waals surface area contributed by atoms with Gasteiger partial charge in [0.2, 0.25) is 0 Å². The Morgan fingerprint density at radius 1 is 1.10 bits per heavy atom. The highest BCUT2D eigenvalue weighted by Gasteiger charge is 2.18. The Labute approximate surface area is 115 Å². The van der Waals surface area contributed by atoms with Crippen molar-refractivity contribution in [1.82, 2.24) is 0 Å². The second-order valence-corrected chi connectivity index (χ2v) is 4.04. The van der Waals surface area contributed by atoms with Crippen LogP contribution in [0.3, 0.4) is 0 Å². The lowest BCUT2D eigenvalue weighted by Gasteiger charge is -2.14. The van der Waals surface area contributed by atoms with E-state index in [0.717, 1.165) is 0 Å². The zero-order valence-corrected chi connectivity index (χ0v) is 11.0. The van der Waals surface area contributed by atoms with Crippen molar-refractivity contribution in [2.45, 2.75) is 0 Å². The van der Waals surface area contributed by atoms with Crippen LogP contribution >= 0.6 is 0 Å². The van der Waals surface area contributed by atoms with Crippen LogP contribution in [-0.4, -0.2) is 25.3 Å². The maximum absolute atomic E-state index is 13.5. The molecule has 1 N–H and O–H groups in total. The highest BCUT2D eigenvalue weighted by molar-refractivity contribution is 5.95. The highest BCUT2D eigenvalue weighted by atomic mass is 19.1. The Balaban J connectivity index is 2.72. The number of para-hydroxylation sites is 1. The molecular formula is C15H13FO4. The average molecular weight is 276 g/mol. The van der Waals surface area contributed by atoms with Gasteiger partial charge in [-0.05, 0) is 24.3 Å². The molecule has 0 radical (unpaired) electrons. The lowest BCUT2D eigenvalue weighted by atomic mass is 10.00. The van der Waals surface area contributed by atoms with E-state index in [9.17, 15) is 9.18 Å². The van der Waals surface area contributed by atoms with Crippen LogP contribution in [0.4, 0.5) is 4.39 Å². The molecule has 0 aliphatic rings. The first-order chi connectivity index (χ1) is 9.58. The predicted molar refractivity (Wildman–Crippen MR) is 71.9 cm³/mol. The van der Waals surface area contributed by atoms with Gasteiger partial charge in [0.15, 0.2) is 0 Å². The van der Waals surface area contributed by atoms with Crippen molar-refractivity contribution in [3.63, 3.8) is 0 Å². The third-order valence-electron chi connectivity index (χ3n) is 2.90. The summed E-state index contributed by atoms with van der Waals surface area (Å²) in [6, 6.07) is 8.69. The number of hydrogen-bond donors (Lipinski definition) is 1. The molecular weight excluding hydrogens is 263 g/mol. The zero-order chi connectivity index (χ0) is 14.7. The number of methoxy groups -OCH3 is 2. The Kier molecular flexibility index (Phi) is 3.89. The number of halogens is 1. The highest BCUT2D eigenvalue weighted by Crippen LogP contribution is 2.38. The number of benzene rings is 2. The molecule has 2 rings (SSSR count). The molecule has 0 amide bonds.